The van der Waals surface area contributed by atoms with Crippen LogP contribution in [0.2, 0.25) is 0 Å². The molecule has 1 saturated carbocycles. The minimum absolute atomic E-state index is 0. The maximum Gasteiger partial charge on any atom is 0.251 e. The summed E-state index contributed by atoms with van der Waals surface area (Å²) >= 11 is 0. The lowest BCUT2D eigenvalue weighted by molar-refractivity contribution is 0.0926. The summed E-state index contributed by atoms with van der Waals surface area (Å²) in [5, 5.41) is 3.15. The number of likely N-dealkylation sites (N-methyl/N-ethyl adjacent to an activating group) is 1. The molecule has 0 unspecified atom stereocenters. The first-order valence-electron chi connectivity index (χ1n) is 9.16. The second kappa shape index (κ2) is 11.1. The molecule has 0 spiro atoms. The number of hydrogen-bond acceptors (Lipinski definition) is 4. The van der Waals surface area contributed by atoms with Crippen molar-refractivity contribution < 1.29 is 4.79 Å². The molecule has 0 radical (unpaired) electrons. The number of rotatable bonds is 4. The van der Waals surface area contributed by atoms with Crippen molar-refractivity contribution >= 4 is 30.7 Å². The monoisotopic (exact) mass is 402 g/mol. The molecule has 26 heavy (non-hydrogen) atoms. The molecule has 7 heteroatoms. The summed E-state index contributed by atoms with van der Waals surface area (Å²) in [6.45, 7) is 5.46. The predicted molar refractivity (Wildman–Crippen MR) is 111 cm³/mol. The molecule has 0 aromatic heterocycles. The van der Waals surface area contributed by atoms with Crippen LogP contribution in [0.4, 0.5) is 0 Å². The molecule has 0 atom stereocenters. The van der Waals surface area contributed by atoms with E-state index in [4.69, 9.17) is 5.73 Å². The third-order valence-corrected chi connectivity index (χ3v) is 5.33. The number of nitrogens with zero attached hydrogens (tertiary/aromatic N) is 2. The maximum atomic E-state index is 12.4. The van der Waals surface area contributed by atoms with Crippen LogP contribution in [0.1, 0.15) is 41.6 Å². The lowest BCUT2D eigenvalue weighted by Gasteiger charge is -2.32. The zero-order valence-electron chi connectivity index (χ0n) is 15.5. The minimum atomic E-state index is 0. The van der Waals surface area contributed by atoms with E-state index in [2.05, 4.69) is 34.3 Å². The summed E-state index contributed by atoms with van der Waals surface area (Å²) in [6.07, 6.45) is 4.01. The molecule has 2 aliphatic rings. The van der Waals surface area contributed by atoms with E-state index in [1.807, 2.05) is 12.1 Å². The van der Waals surface area contributed by atoms with Crippen molar-refractivity contribution in [2.75, 3.05) is 33.2 Å². The topological polar surface area (TPSA) is 61.6 Å². The predicted octanol–water partition coefficient (Wildman–Crippen LogP) is 2.28. The summed E-state index contributed by atoms with van der Waals surface area (Å²) in [7, 11) is 2.17. The van der Waals surface area contributed by atoms with Crippen LogP contribution in [-0.4, -0.2) is 61.0 Å². The van der Waals surface area contributed by atoms with Crippen LogP contribution in [0.3, 0.4) is 0 Å². The lowest BCUT2D eigenvalue weighted by atomic mass is 9.91. The molecule has 1 aliphatic heterocycles. The van der Waals surface area contributed by atoms with Crippen LogP contribution < -0.4 is 11.1 Å². The quantitative estimate of drug-likeness (QED) is 0.810. The first-order chi connectivity index (χ1) is 11.6. The average Bonchev–Trinajstić information content (AvgIpc) is 2.59. The van der Waals surface area contributed by atoms with Crippen molar-refractivity contribution in [2.24, 2.45) is 5.73 Å². The zero-order chi connectivity index (χ0) is 16.9. The summed E-state index contributed by atoms with van der Waals surface area (Å²) in [5.74, 6) is 0.0432. The lowest BCUT2D eigenvalue weighted by Crippen LogP contribution is -2.43. The fraction of sp³-hybridized carbons (Fsp3) is 0.632. The number of piperazine rings is 1. The van der Waals surface area contributed by atoms with Gasteiger partial charge in [-0.15, -0.1) is 24.8 Å². The molecule has 0 bridgehead atoms. The van der Waals surface area contributed by atoms with Crippen molar-refractivity contribution in [3.05, 3.63) is 35.4 Å². The molecular formula is C19H32Cl2N4O. The van der Waals surface area contributed by atoms with Gasteiger partial charge in [-0.3, -0.25) is 9.69 Å². The van der Waals surface area contributed by atoms with E-state index >= 15 is 0 Å². The highest BCUT2D eigenvalue weighted by Gasteiger charge is 2.20. The average molecular weight is 403 g/mol. The Morgan fingerprint density at radius 2 is 1.62 bits per heavy atom. The van der Waals surface area contributed by atoms with Gasteiger partial charge in [0.2, 0.25) is 0 Å². The van der Waals surface area contributed by atoms with Crippen LogP contribution in [-0.2, 0) is 6.54 Å². The minimum Gasteiger partial charge on any atom is -0.349 e. The number of hydrogen-bond donors (Lipinski definition) is 2. The highest BCUT2D eigenvalue weighted by atomic mass is 35.5. The Balaban J connectivity index is 0.00000169. The molecule has 1 aliphatic carbocycles. The summed E-state index contributed by atoms with van der Waals surface area (Å²) in [6, 6.07) is 8.67. The Labute approximate surface area is 169 Å². The van der Waals surface area contributed by atoms with Crippen molar-refractivity contribution in [1.29, 1.82) is 0 Å². The maximum absolute atomic E-state index is 12.4. The van der Waals surface area contributed by atoms with Gasteiger partial charge in [0.15, 0.2) is 0 Å². The van der Waals surface area contributed by atoms with Crippen LogP contribution in [0.15, 0.2) is 24.3 Å². The Morgan fingerprint density at radius 1 is 1.04 bits per heavy atom. The Hall–Kier alpha value is -0.850. The van der Waals surface area contributed by atoms with E-state index in [0.29, 0.717) is 6.04 Å². The fourth-order valence-electron chi connectivity index (χ4n) is 3.56. The van der Waals surface area contributed by atoms with Gasteiger partial charge >= 0.3 is 0 Å². The molecular weight excluding hydrogens is 371 g/mol. The number of amides is 1. The second-order valence-electron chi connectivity index (χ2n) is 7.36. The number of carbonyl (C=O) groups excluding carboxylic acids is 1. The van der Waals surface area contributed by atoms with Crippen LogP contribution in [0, 0.1) is 0 Å². The van der Waals surface area contributed by atoms with Gasteiger partial charge in [0.1, 0.15) is 0 Å². The van der Waals surface area contributed by atoms with Gasteiger partial charge in [0.05, 0.1) is 0 Å². The van der Waals surface area contributed by atoms with Gasteiger partial charge in [-0.2, -0.15) is 0 Å². The SMILES string of the molecule is CN1CCN(Cc2ccc(C(=O)NC3CCC(N)CC3)cc2)CC1.Cl.Cl. The third-order valence-electron chi connectivity index (χ3n) is 5.33. The molecule has 1 aromatic rings. The zero-order valence-corrected chi connectivity index (χ0v) is 17.2. The van der Waals surface area contributed by atoms with Gasteiger partial charge in [-0.05, 0) is 50.4 Å². The van der Waals surface area contributed by atoms with Gasteiger partial charge in [0.25, 0.3) is 5.91 Å². The first-order valence-corrected chi connectivity index (χ1v) is 9.16. The largest absolute Gasteiger partial charge is 0.349 e. The molecule has 148 valence electrons. The molecule has 1 saturated heterocycles. The van der Waals surface area contributed by atoms with Gasteiger partial charge in [-0.25, -0.2) is 0 Å². The van der Waals surface area contributed by atoms with E-state index in [1.54, 1.807) is 0 Å². The normalized spacial score (nSPS) is 24.2. The van der Waals surface area contributed by atoms with Crippen LogP contribution in [0.25, 0.3) is 0 Å². The van der Waals surface area contributed by atoms with Crippen molar-refractivity contribution in [2.45, 2.75) is 44.3 Å². The summed E-state index contributed by atoms with van der Waals surface area (Å²) < 4.78 is 0. The van der Waals surface area contributed by atoms with E-state index in [0.717, 1.165) is 64.0 Å². The highest BCUT2D eigenvalue weighted by molar-refractivity contribution is 5.94. The number of carbonyl (C=O) groups is 1. The number of nitrogens with one attached hydrogen (secondary N) is 1. The molecule has 3 rings (SSSR count). The van der Waals surface area contributed by atoms with E-state index in [9.17, 15) is 4.79 Å². The molecule has 3 N–H and O–H groups in total. The molecule has 5 nitrogen and oxygen atoms in total. The molecule has 1 amide bonds. The smallest absolute Gasteiger partial charge is 0.251 e. The molecule has 2 fully saturated rings. The van der Waals surface area contributed by atoms with Crippen LogP contribution >= 0.6 is 24.8 Å². The Morgan fingerprint density at radius 3 is 2.19 bits per heavy atom. The van der Waals surface area contributed by atoms with Gasteiger partial charge in [0, 0.05) is 50.4 Å². The van der Waals surface area contributed by atoms with Crippen molar-refractivity contribution in [3.8, 4) is 0 Å². The van der Waals surface area contributed by atoms with Gasteiger partial charge in [-0.1, -0.05) is 12.1 Å². The number of nitrogens with two attached hydrogens (primary N) is 1. The summed E-state index contributed by atoms with van der Waals surface area (Å²) in [4.78, 5) is 17.2. The van der Waals surface area contributed by atoms with E-state index < -0.39 is 0 Å². The number of halogens is 2. The van der Waals surface area contributed by atoms with Crippen molar-refractivity contribution in [1.82, 2.24) is 15.1 Å². The standard InChI is InChI=1S/C19H30N4O.2ClH/c1-22-10-12-23(13-11-22)14-15-2-4-16(5-3-15)19(24)21-18-8-6-17(20)7-9-18;;/h2-5,17-18H,6-14,20H2,1H3,(H,21,24);2*1H. The van der Waals surface area contributed by atoms with Crippen LogP contribution in [0.5, 0.6) is 0 Å². The second-order valence-corrected chi connectivity index (χ2v) is 7.36. The highest BCUT2D eigenvalue weighted by Crippen LogP contribution is 2.17. The summed E-state index contributed by atoms with van der Waals surface area (Å²) in [5.41, 5.74) is 7.95. The number of benzene rings is 1. The van der Waals surface area contributed by atoms with Gasteiger partial charge < -0.3 is 16.0 Å². The van der Waals surface area contributed by atoms with E-state index in [1.165, 1.54) is 5.56 Å². The first kappa shape index (κ1) is 23.2. The molecule has 1 aromatic carbocycles. The molecule has 1 heterocycles. The van der Waals surface area contributed by atoms with Crippen molar-refractivity contribution in [3.63, 3.8) is 0 Å². The Bertz CT molecular complexity index is 539. The Kier molecular flexibility index (Phi) is 9.90. The van der Waals surface area contributed by atoms with E-state index in [-0.39, 0.29) is 36.8 Å². The third kappa shape index (κ3) is 6.71. The fourth-order valence-corrected chi connectivity index (χ4v) is 3.56.